The van der Waals surface area contributed by atoms with Crippen molar-refractivity contribution in [2.24, 2.45) is 0 Å². The van der Waals surface area contributed by atoms with Crippen LogP contribution in [0.15, 0.2) is 30.6 Å². The monoisotopic (exact) mass is 287 g/mol. The fourth-order valence-electron chi connectivity index (χ4n) is 1.93. The van der Waals surface area contributed by atoms with Gasteiger partial charge >= 0.3 is 0 Å². The zero-order chi connectivity index (χ0) is 15.2. The van der Waals surface area contributed by atoms with Gasteiger partial charge in [0.1, 0.15) is 6.33 Å². The van der Waals surface area contributed by atoms with Gasteiger partial charge in [0.15, 0.2) is 0 Å². The molecular weight excluding hydrogens is 270 g/mol. The molecule has 7 heteroatoms. The largest absolute Gasteiger partial charge is 0.349 e. The van der Waals surface area contributed by atoms with Gasteiger partial charge in [0.25, 0.3) is 0 Å². The maximum absolute atomic E-state index is 12.0. The number of aromatic nitrogens is 3. The second kappa shape index (κ2) is 6.65. The molecule has 1 heterocycles. The summed E-state index contributed by atoms with van der Waals surface area (Å²) >= 11 is 0. The van der Waals surface area contributed by atoms with Crippen LogP contribution in [0.4, 0.5) is 5.95 Å². The van der Waals surface area contributed by atoms with Crippen molar-refractivity contribution in [3.63, 3.8) is 0 Å². The average Bonchev–Trinajstić information content (AvgIpc) is 2.91. The van der Waals surface area contributed by atoms with E-state index >= 15 is 0 Å². The van der Waals surface area contributed by atoms with E-state index < -0.39 is 0 Å². The van der Waals surface area contributed by atoms with E-state index in [-0.39, 0.29) is 30.2 Å². The Morgan fingerprint density at radius 3 is 2.57 bits per heavy atom. The molecule has 0 radical (unpaired) electrons. The van der Waals surface area contributed by atoms with E-state index in [2.05, 4.69) is 25.8 Å². The van der Waals surface area contributed by atoms with Crippen molar-refractivity contribution in [3.05, 3.63) is 41.7 Å². The topological polar surface area (TPSA) is 99.8 Å². The van der Waals surface area contributed by atoms with Crippen LogP contribution in [0.3, 0.4) is 0 Å². The number of aromatic amines is 1. The van der Waals surface area contributed by atoms with E-state index in [1.807, 2.05) is 31.2 Å². The molecule has 0 bridgehead atoms. The molecule has 2 aromatic rings. The number of carbonyl (C=O) groups is 2. The number of hydrogen-bond donors (Lipinski definition) is 3. The van der Waals surface area contributed by atoms with Gasteiger partial charge in [-0.3, -0.25) is 14.9 Å². The molecule has 0 spiro atoms. The van der Waals surface area contributed by atoms with E-state index in [0.29, 0.717) is 0 Å². The molecular formula is C14H17N5O2. The van der Waals surface area contributed by atoms with E-state index in [1.165, 1.54) is 13.3 Å². The third-order valence-electron chi connectivity index (χ3n) is 2.92. The highest BCUT2D eigenvalue weighted by molar-refractivity contribution is 5.89. The number of benzene rings is 1. The van der Waals surface area contributed by atoms with Gasteiger partial charge in [0, 0.05) is 6.92 Å². The summed E-state index contributed by atoms with van der Waals surface area (Å²) in [6, 6.07) is 7.30. The first-order valence-corrected chi connectivity index (χ1v) is 6.53. The Hall–Kier alpha value is -2.70. The maximum atomic E-state index is 12.0. The van der Waals surface area contributed by atoms with Crippen molar-refractivity contribution in [3.8, 4) is 0 Å². The first-order chi connectivity index (χ1) is 10.0. The lowest BCUT2D eigenvalue weighted by molar-refractivity contribution is -0.120. The minimum Gasteiger partial charge on any atom is -0.349 e. The van der Waals surface area contributed by atoms with Gasteiger partial charge in [-0.05, 0) is 12.5 Å². The van der Waals surface area contributed by atoms with Crippen molar-refractivity contribution in [2.75, 3.05) is 5.32 Å². The summed E-state index contributed by atoms with van der Waals surface area (Å²) in [6.07, 6.45) is 1.42. The lowest BCUT2D eigenvalue weighted by atomic mass is 10.0. The molecule has 0 aliphatic heterocycles. The molecule has 0 aliphatic carbocycles. The molecule has 3 N–H and O–H groups in total. The van der Waals surface area contributed by atoms with Gasteiger partial charge < -0.3 is 5.32 Å². The Morgan fingerprint density at radius 1 is 1.29 bits per heavy atom. The van der Waals surface area contributed by atoms with Crippen LogP contribution in [0.5, 0.6) is 0 Å². The number of nitrogens with one attached hydrogen (secondary N) is 3. The zero-order valence-electron chi connectivity index (χ0n) is 11.9. The highest BCUT2D eigenvalue weighted by atomic mass is 16.2. The van der Waals surface area contributed by atoms with Crippen LogP contribution in [0.2, 0.25) is 0 Å². The fourth-order valence-corrected chi connectivity index (χ4v) is 1.93. The molecule has 1 aromatic carbocycles. The first-order valence-electron chi connectivity index (χ1n) is 6.53. The van der Waals surface area contributed by atoms with Crippen LogP contribution in [-0.2, 0) is 9.59 Å². The fraction of sp³-hybridized carbons (Fsp3) is 0.286. The average molecular weight is 287 g/mol. The summed E-state index contributed by atoms with van der Waals surface area (Å²) in [5, 5.41) is 11.6. The Kier molecular flexibility index (Phi) is 4.65. The zero-order valence-corrected chi connectivity index (χ0v) is 11.9. The third kappa shape index (κ3) is 4.41. The van der Waals surface area contributed by atoms with Gasteiger partial charge in [-0.2, -0.15) is 10.1 Å². The summed E-state index contributed by atoms with van der Waals surface area (Å²) in [4.78, 5) is 27.1. The Morgan fingerprint density at radius 2 is 2.00 bits per heavy atom. The molecule has 7 nitrogen and oxygen atoms in total. The molecule has 1 atom stereocenters. The van der Waals surface area contributed by atoms with Crippen molar-refractivity contribution >= 4 is 17.8 Å². The molecule has 0 aliphatic rings. The van der Waals surface area contributed by atoms with Crippen LogP contribution in [0.25, 0.3) is 0 Å². The predicted octanol–water partition coefficient (Wildman–Crippen LogP) is 1.32. The Labute approximate surface area is 122 Å². The number of nitrogens with zero attached hydrogens (tertiary/aromatic N) is 2. The maximum Gasteiger partial charge on any atom is 0.229 e. The van der Waals surface area contributed by atoms with E-state index in [1.54, 1.807) is 0 Å². The molecule has 2 rings (SSSR count). The number of H-pyrrole nitrogens is 1. The van der Waals surface area contributed by atoms with Gasteiger partial charge in [-0.25, -0.2) is 5.10 Å². The summed E-state index contributed by atoms with van der Waals surface area (Å²) in [6.45, 7) is 3.41. The number of anilines is 1. The van der Waals surface area contributed by atoms with Gasteiger partial charge in [0.05, 0.1) is 12.5 Å². The molecule has 21 heavy (non-hydrogen) atoms. The molecule has 0 fully saturated rings. The highest BCUT2D eigenvalue weighted by Crippen LogP contribution is 2.18. The van der Waals surface area contributed by atoms with Crippen LogP contribution in [-0.4, -0.2) is 27.0 Å². The van der Waals surface area contributed by atoms with Crippen molar-refractivity contribution < 1.29 is 9.59 Å². The summed E-state index contributed by atoms with van der Waals surface area (Å²) < 4.78 is 0. The molecule has 2 amide bonds. The number of hydrogen-bond acceptors (Lipinski definition) is 4. The van der Waals surface area contributed by atoms with Crippen LogP contribution in [0, 0.1) is 6.92 Å². The highest BCUT2D eigenvalue weighted by Gasteiger charge is 2.17. The van der Waals surface area contributed by atoms with Crippen LogP contribution < -0.4 is 10.6 Å². The van der Waals surface area contributed by atoms with Gasteiger partial charge in [-0.1, -0.05) is 29.8 Å². The molecule has 0 saturated carbocycles. The summed E-state index contributed by atoms with van der Waals surface area (Å²) in [5.41, 5.74) is 2.00. The second-order valence-corrected chi connectivity index (χ2v) is 4.75. The predicted molar refractivity (Wildman–Crippen MR) is 77.4 cm³/mol. The third-order valence-corrected chi connectivity index (χ3v) is 2.92. The van der Waals surface area contributed by atoms with Crippen LogP contribution >= 0.6 is 0 Å². The number of rotatable bonds is 5. The first kappa shape index (κ1) is 14.7. The summed E-state index contributed by atoms with van der Waals surface area (Å²) in [7, 11) is 0. The lowest BCUT2D eigenvalue weighted by Gasteiger charge is -2.18. The number of carbonyl (C=O) groups excluding carboxylic acids is 2. The van der Waals surface area contributed by atoms with E-state index in [9.17, 15) is 9.59 Å². The molecule has 110 valence electrons. The SMILES string of the molecule is CC(=O)NC(CC(=O)Nc1ncn[nH]1)c1ccc(C)cc1. The molecule has 0 saturated heterocycles. The van der Waals surface area contributed by atoms with Crippen molar-refractivity contribution in [1.82, 2.24) is 20.5 Å². The molecule has 1 unspecified atom stereocenters. The Balaban J connectivity index is 2.07. The summed E-state index contributed by atoms with van der Waals surface area (Å²) in [5.74, 6) is -0.162. The minimum atomic E-state index is -0.383. The standard InChI is InChI=1S/C14H17N5O2/c1-9-3-5-11(6-4-9)12(17-10(2)20)7-13(21)18-14-15-8-16-19-14/h3-6,8,12H,7H2,1-2H3,(H,17,20)(H2,15,16,18,19,21). The van der Waals surface area contributed by atoms with E-state index in [4.69, 9.17) is 0 Å². The van der Waals surface area contributed by atoms with Crippen molar-refractivity contribution in [2.45, 2.75) is 26.3 Å². The molecule has 1 aromatic heterocycles. The lowest BCUT2D eigenvalue weighted by Crippen LogP contribution is -2.29. The van der Waals surface area contributed by atoms with Gasteiger partial charge in [0.2, 0.25) is 17.8 Å². The normalized spacial score (nSPS) is 11.7. The number of aryl methyl sites for hydroxylation is 1. The number of amides is 2. The smallest absolute Gasteiger partial charge is 0.229 e. The minimum absolute atomic E-state index is 0.114. The van der Waals surface area contributed by atoms with Gasteiger partial charge in [-0.15, -0.1) is 0 Å². The second-order valence-electron chi connectivity index (χ2n) is 4.75. The Bertz CT molecular complexity index is 607. The quantitative estimate of drug-likeness (QED) is 0.772. The van der Waals surface area contributed by atoms with Crippen molar-refractivity contribution in [1.29, 1.82) is 0 Å². The van der Waals surface area contributed by atoms with E-state index in [0.717, 1.165) is 11.1 Å². The van der Waals surface area contributed by atoms with Crippen LogP contribution in [0.1, 0.15) is 30.5 Å².